The standard InChI is InChI=1S/C9H17NO2/c1-5-12-7(11)9(10-4)6-8(9,2)3/h10H,5-6H2,1-4H3. The van der Waals surface area contributed by atoms with Gasteiger partial charge in [-0.1, -0.05) is 13.8 Å². The Morgan fingerprint density at radius 3 is 2.33 bits per heavy atom. The van der Waals surface area contributed by atoms with Crippen LogP contribution >= 0.6 is 0 Å². The molecule has 0 aliphatic heterocycles. The van der Waals surface area contributed by atoms with Crippen molar-refractivity contribution in [2.24, 2.45) is 5.41 Å². The molecule has 1 fully saturated rings. The summed E-state index contributed by atoms with van der Waals surface area (Å²) in [6.45, 7) is 6.43. The van der Waals surface area contributed by atoms with Crippen molar-refractivity contribution in [1.29, 1.82) is 0 Å². The summed E-state index contributed by atoms with van der Waals surface area (Å²) >= 11 is 0. The number of nitrogens with one attached hydrogen (secondary N) is 1. The second kappa shape index (κ2) is 2.73. The van der Waals surface area contributed by atoms with Crippen molar-refractivity contribution < 1.29 is 9.53 Å². The number of carbonyl (C=O) groups is 1. The van der Waals surface area contributed by atoms with Crippen LogP contribution in [-0.4, -0.2) is 25.2 Å². The Labute approximate surface area is 73.5 Å². The number of carbonyl (C=O) groups excluding carboxylic acids is 1. The summed E-state index contributed by atoms with van der Waals surface area (Å²) in [4.78, 5) is 11.5. The number of ether oxygens (including phenoxy) is 1. The second-order valence-electron chi connectivity index (χ2n) is 3.94. The fourth-order valence-electron chi connectivity index (χ4n) is 1.75. The third-order valence-corrected chi connectivity index (χ3v) is 2.79. The first-order chi connectivity index (χ1) is 5.50. The lowest BCUT2D eigenvalue weighted by molar-refractivity contribution is -0.147. The van der Waals surface area contributed by atoms with Crippen LogP contribution in [0.25, 0.3) is 0 Å². The molecule has 1 saturated carbocycles. The van der Waals surface area contributed by atoms with Crippen LogP contribution in [0.3, 0.4) is 0 Å². The van der Waals surface area contributed by atoms with Crippen LogP contribution < -0.4 is 5.32 Å². The first-order valence-corrected chi connectivity index (χ1v) is 4.36. The van der Waals surface area contributed by atoms with Gasteiger partial charge in [-0.05, 0) is 25.8 Å². The van der Waals surface area contributed by atoms with Gasteiger partial charge in [-0.25, -0.2) is 0 Å². The molecule has 0 saturated heterocycles. The Bertz CT molecular complexity index is 201. The number of esters is 1. The summed E-state index contributed by atoms with van der Waals surface area (Å²) in [5.41, 5.74) is -0.364. The van der Waals surface area contributed by atoms with Crippen molar-refractivity contribution in [2.45, 2.75) is 32.7 Å². The fourth-order valence-corrected chi connectivity index (χ4v) is 1.75. The molecular weight excluding hydrogens is 154 g/mol. The summed E-state index contributed by atoms with van der Waals surface area (Å²) < 4.78 is 4.99. The van der Waals surface area contributed by atoms with E-state index < -0.39 is 5.54 Å². The van der Waals surface area contributed by atoms with Gasteiger partial charge in [0.1, 0.15) is 5.54 Å². The molecule has 0 radical (unpaired) electrons. The van der Waals surface area contributed by atoms with E-state index in [0.29, 0.717) is 6.61 Å². The molecule has 1 N–H and O–H groups in total. The number of hydrogen-bond donors (Lipinski definition) is 1. The van der Waals surface area contributed by atoms with E-state index in [1.54, 1.807) is 0 Å². The molecule has 0 amide bonds. The molecule has 1 atom stereocenters. The lowest BCUT2D eigenvalue weighted by Gasteiger charge is -2.17. The monoisotopic (exact) mass is 171 g/mol. The summed E-state index contributed by atoms with van der Waals surface area (Å²) in [6, 6.07) is 0. The third-order valence-electron chi connectivity index (χ3n) is 2.79. The summed E-state index contributed by atoms with van der Waals surface area (Å²) in [6.07, 6.45) is 0.870. The molecule has 1 unspecified atom stereocenters. The van der Waals surface area contributed by atoms with Gasteiger partial charge in [0, 0.05) is 0 Å². The van der Waals surface area contributed by atoms with Crippen molar-refractivity contribution in [3.8, 4) is 0 Å². The van der Waals surface area contributed by atoms with E-state index in [1.807, 2.05) is 14.0 Å². The minimum absolute atomic E-state index is 0.0496. The van der Waals surface area contributed by atoms with Crippen LogP contribution in [0.4, 0.5) is 0 Å². The van der Waals surface area contributed by atoms with Gasteiger partial charge < -0.3 is 10.1 Å². The average molecular weight is 171 g/mol. The lowest BCUT2D eigenvalue weighted by atomic mass is 10.1. The molecular formula is C9H17NO2. The highest BCUT2D eigenvalue weighted by Crippen LogP contribution is 2.55. The van der Waals surface area contributed by atoms with E-state index in [0.717, 1.165) is 6.42 Å². The lowest BCUT2D eigenvalue weighted by Crippen LogP contribution is -2.42. The van der Waals surface area contributed by atoms with Gasteiger partial charge in [0.15, 0.2) is 0 Å². The first kappa shape index (κ1) is 9.52. The third kappa shape index (κ3) is 1.12. The van der Waals surface area contributed by atoms with Crippen molar-refractivity contribution in [2.75, 3.05) is 13.7 Å². The first-order valence-electron chi connectivity index (χ1n) is 4.36. The van der Waals surface area contributed by atoms with E-state index in [1.165, 1.54) is 0 Å². The zero-order valence-electron chi connectivity index (χ0n) is 8.23. The van der Waals surface area contributed by atoms with Gasteiger partial charge in [-0.15, -0.1) is 0 Å². The highest BCUT2D eigenvalue weighted by molar-refractivity contribution is 5.86. The van der Waals surface area contributed by atoms with Crippen molar-refractivity contribution in [1.82, 2.24) is 5.32 Å². The van der Waals surface area contributed by atoms with Crippen molar-refractivity contribution in [3.05, 3.63) is 0 Å². The Morgan fingerprint density at radius 2 is 2.08 bits per heavy atom. The zero-order chi connectivity index (χ0) is 9.41. The molecule has 3 nitrogen and oxygen atoms in total. The predicted molar refractivity (Wildman–Crippen MR) is 46.8 cm³/mol. The molecule has 0 bridgehead atoms. The van der Waals surface area contributed by atoms with E-state index in [9.17, 15) is 4.79 Å². The Balaban J connectivity index is 2.66. The van der Waals surface area contributed by atoms with Crippen LogP contribution in [0.5, 0.6) is 0 Å². The van der Waals surface area contributed by atoms with Gasteiger partial charge in [0.05, 0.1) is 6.61 Å². The molecule has 1 aliphatic rings. The number of hydrogen-bond acceptors (Lipinski definition) is 3. The van der Waals surface area contributed by atoms with Crippen LogP contribution in [0.1, 0.15) is 27.2 Å². The molecule has 70 valence electrons. The molecule has 0 spiro atoms. The smallest absolute Gasteiger partial charge is 0.326 e. The fraction of sp³-hybridized carbons (Fsp3) is 0.889. The van der Waals surface area contributed by atoms with Crippen molar-refractivity contribution >= 4 is 5.97 Å². The quantitative estimate of drug-likeness (QED) is 0.642. The number of likely N-dealkylation sites (N-methyl/N-ethyl adjacent to an activating group) is 1. The Morgan fingerprint density at radius 1 is 1.58 bits per heavy atom. The summed E-state index contributed by atoms with van der Waals surface area (Å²) in [7, 11) is 1.81. The topological polar surface area (TPSA) is 38.3 Å². The normalized spacial score (nSPS) is 31.3. The van der Waals surface area contributed by atoms with Gasteiger partial charge in [-0.3, -0.25) is 4.79 Å². The van der Waals surface area contributed by atoms with E-state index in [2.05, 4.69) is 19.2 Å². The highest BCUT2D eigenvalue weighted by atomic mass is 16.5. The molecule has 0 heterocycles. The largest absolute Gasteiger partial charge is 0.465 e. The van der Waals surface area contributed by atoms with E-state index >= 15 is 0 Å². The minimum Gasteiger partial charge on any atom is -0.465 e. The second-order valence-corrected chi connectivity index (χ2v) is 3.94. The summed E-state index contributed by atoms with van der Waals surface area (Å²) in [5.74, 6) is -0.113. The maximum absolute atomic E-state index is 11.5. The minimum atomic E-state index is -0.414. The highest BCUT2D eigenvalue weighted by Gasteiger charge is 2.66. The van der Waals surface area contributed by atoms with Gasteiger partial charge in [0.25, 0.3) is 0 Å². The molecule has 0 aromatic heterocycles. The van der Waals surface area contributed by atoms with Gasteiger partial charge in [-0.2, -0.15) is 0 Å². The van der Waals surface area contributed by atoms with Gasteiger partial charge >= 0.3 is 5.97 Å². The molecule has 0 aromatic rings. The average Bonchev–Trinajstić information content (AvgIpc) is 2.55. The van der Waals surface area contributed by atoms with Gasteiger partial charge in [0.2, 0.25) is 0 Å². The summed E-state index contributed by atoms with van der Waals surface area (Å²) in [5, 5.41) is 3.05. The Hall–Kier alpha value is -0.570. The number of rotatable bonds is 3. The molecule has 1 aliphatic carbocycles. The molecule has 12 heavy (non-hydrogen) atoms. The molecule has 1 rings (SSSR count). The van der Waals surface area contributed by atoms with E-state index in [-0.39, 0.29) is 11.4 Å². The SMILES string of the molecule is CCOC(=O)C1(NC)CC1(C)C. The van der Waals surface area contributed by atoms with E-state index in [4.69, 9.17) is 4.74 Å². The predicted octanol–water partition coefficient (Wildman–Crippen LogP) is 0.938. The zero-order valence-corrected chi connectivity index (χ0v) is 8.23. The Kier molecular flexibility index (Phi) is 2.17. The molecule has 0 aromatic carbocycles. The van der Waals surface area contributed by atoms with Crippen LogP contribution in [0.2, 0.25) is 0 Å². The maximum atomic E-state index is 11.5. The van der Waals surface area contributed by atoms with Crippen LogP contribution in [0.15, 0.2) is 0 Å². The van der Waals surface area contributed by atoms with Crippen LogP contribution in [0, 0.1) is 5.41 Å². The maximum Gasteiger partial charge on any atom is 0.326 e. The molecule has 3 heteroatoms. The van der Waals surface area contributed by atoms with Crippen molar-refractivity contribution in [3.63, 3.8) is 0 Å². The van der Waals surface area contributed by atoms with Crippen LogP contribution in [-0.2, 0) is 9.53 Å².